The van der Waals surface area contributed by atoms with Crippen molar-refractivity contribution in [2.45, 2.75) is 33.2 Å². The summed E-state index contributed by atoms with van der Waals surface area (Å²) < 4.78 is 0. The van der Waals surface area contributed by atoms with E-state index in [1.807, 2.05) is 6.92 Å². The molecule has 4 N–H and O–H groups in total. The molecule has 0 heterocycles. The summed E-state index contributed by atoms with van der Waals surface area (Å²) in [6, 6.07) is 6.39. The van der Waals surface area contributed by atoms with Crippen LogP contribution in [0.3, 0.4) is 0 Å². The lowest BCUT2D eigenvalue weighted by atomic mass is 10.1. The molecule has 0 saturated heterocycles. The molecule has 0 aliphatic heterocycles. The van der Waals surface area contributed by atoms with Gasteiger partial charge in [0.1, 0.15) is 5.84 Å². The minimum absolute atomic E-state index is 0.136. The molecule has 1 rings (SSSR count). The highest BCUT2D eigenvalue weighted by molar-refractivity contribution is 5.80. The quantitative estimate of drug-likeness (QED) is 0.316. The lowest BCUT2D eigenvalue weighted by Crippen LogP contribution is -2.24. The molecule has 0 aromatic heterocycles. The number of nitrogens with zero attached hydrogens (tertiary/aromatic N) is 1. The van der Waals surface area contributed by atoms with E-state index in [0.717, 1.165) is 5.69 Å². The minimum atomic E-state index is 0.136. The average Bonchev–Trinajstić information content (AvgIpc) is 2.23. The zero-order chi connectivity index (χ0) is 12.1. The van der Waals surface area contributed by atoms with Crippen LogP contribution < -0.4 is 11.1 Å². The third-order valence-electron chi connectivity index (χ3n) is 2.44. The Morgan fingerprint density at radius 2 is 2.19 bits per heavy atom. The third kappa shape index (κ3) is 3.46. The monoisotopic (exact) mass is 221 g/mol. The van der Waals surface area contributed by atoms with Crippen LogP contribution in [-0.4, -0.2) is 17.1 Å². The van der Waals surface area contributed by atoms with E-state index in [-0.39, 0.29) is 11.9 Å². The molecule has 4 nitrogen and oxygen atoms in total. The van der Waals surface area contributed by atoms with Crippen molar-refractivity contribution in [1.82, 2.24) is 0 Å². The fourth-order valence-electron chi connectivity index (χ4n) is 1.56. The van der Waals surface area contributed by atoms with Crippen molar-refractivity contribution in [1.29, 1.82) is 0 Å². The van der Waals surface area contributed by atoms with Crippen molar-refractivity contribution < 1.29 is 5.21 Å². The summed E-state index contributed by atoms with van der Waals surface area (Å²) in [4.78, 5) is 0. The summed E-state index contributed by atoms with van der Waals surface area (Å²) in [7, 11) is 0. The van der Waals surface area contributed by atoms with Gasteiger partial charge in [-0.15, -0.1) is 0 Å². The molecule has 1 atom stereocenters. The highest BCUT2D eigenvalue weighted by Crippen LogP contribution is 2.17. The van der Waals surface area contributed by atoms with Gasteiger partial charge in [-0.05, 0) is 38.0 Å². The summed E-state index contributed by atoms with van der Waals surface area (Å²) in [5.74, 6) is 0.241. The van der Waals surface area contributed by atoms with E-state index in [1.54, 1.807) is 0 Å². The van der Waals surface area contributed by atoms with E-state index in [9.17, 15) is 0 Å². The van der Waals surface area contributed by atoms with Crippen molar-refractivity contribution in [2.75, 3.05) is 5.32 Å². The van der Waals surface area contributed by atoms with Gasteiger partial charge in [-0.25, -0.2) is 0 Å². The fraction of sp³-hybridized carbons (Fsp3) is 0.417. The van der Waals surface area contributed by atoms with Crippen molar-refractivity contribution in [3.05, 3.63) is 29.3 Å². The first-order valence-electron chi connectivity index (χ1n) is 5.33. The van der Waals surface area contributed by atoms with Gasteiger partial charge in [-0.3, -0.25) is 0 Å². The van der Waals surface area contributed by atoms with E-state index in [4.69, 9.17) is 10.9 Å². The molecule has 0 spiro atoms. The van der Waals surface area contributed by atoms with Crippen LogP contribution in [0.5, 0.6) is 0 Å². The summed E-state index contributed by atoms with van der Waals surface area (Å²) in [6.45, 7) is 6.11. The number of rotatable bonds is 4. The van der Waals surface area contributed by atoms with Gasteiger partial charge in [0.2, 0.25) is 0 Å². The first-order valence-corrected chi connectivity index (χ1v) is 5.33. The second-order valence-electron chi connectivity index (χ2n) is 4.16. The predicted molar refractivity (Wildman–Crippen MR) is 67.0 cm³/mol. The van der Waals surface area contributed by atoms with Crippen LogP contribution in [0.2, 0.25) is 0 Å². The molecule has 0 radical (unpaired) electrons. The fourth-order valence-corrected chi connectivity index (χ4v) is 1.56. The van der Waals surface area contributed by atoms with Crippen molar-refractivity contribution in [3.8, 4) is 0 Å². The highest BCUT2D eigenvalue weighted by Gasteiger charge is 2.06. The van der Waals surface area contributed by atoms with Gasteiger partial charge >= 0.3 is 0 Å². The number of hydrogen-bond donors (Lipinski definition) is 3. The van der Waals surface area contributed by atoms with Gasteiger partial charge in [0, 0.05) is 18.2 Å². The second kappa shape index (κ2) is 5.39. The molecule has 0 aliphatic carbocycles. The smallest absolute Gasteiger partial charge is 0.141 e. The Morgan fingerprint density at radius 3 is 2.81 bits per heavy atom. The molecule has 4 heteroatoms. The lowest BCUT2D eigenvalue weighted by Gasteiger charge is -2.16. The first kappa shape index (κ1) is 12.4. The van der Waals surface area contributed by atoms with Crippen LogP contribution in [0.1, 0.15) is 24.5 Å². The molecule has 1 unspecified atom stereocenters. The molecular formula is C12H19N3O. The molecule has 0 fully saturated rings. The Morgan fingerprint density at radius 1 is 1.50 bits per heavy atom. The molecule has 0 bridgehead atoms. The van der Waals surface area contributed by atoms with E-state index in [1.165, 1.54) is 11.1 Å². The van der Waals surface area contributed by atoms with Crippen LogP contribution >= 0.6 is 0 Å². The van der Waals surface area contributed by atoms with Crippen molar-refractivity contribution in [2.24, 2.45) is 10.9 Å². The molecule has 1 aromatic rings. The Labute approximate surface area is 96.2 Å². The molecule has 88 valence electrons. The maximum atomic E-state index is 8.48. The zero-order valence-corrected chi connectivity index (χ0v) is 9.99. The van der Waals surface area contributed by atoms with E-state index < -0.39 is 0 Å². The molecule has 16 heavy (non-hydrogen) atoms. The van der Waals surface area contributed by atoms with E-state index >= 15 is 0 Å². The number of anilines is 1. The van der Waals surface area contributed by atoms with Crippen LogP contribution in [0.25, 0.3) is 0 Å². The third-order valence-corrected chi connectivity index (χ3v) is 2.44. The van der Waals surface area contributed by atoms with Crippen LogP contribution in [-0.2, 0) is 0 Å². The van der Waals surface area contributed by atoms with Gasteiger partial charge in [-0.2, -0.15) is 0 Å². The number of aryl methyl sites for hydroxylation is 2. The van der Waals surface area contributed by atoms with Gasteiger partial charge in [0.05, 0.1) is 0 Å². The van der Waals surface area contributed by atoms with Crippen LogP contribution in [0, 0.1) is 13.8 Å². The Balaban J connectivity index is 2.69. The van der Waals surface area contributed by atoms with Gasteiger partial charge < -0.3 is 16.3 Å². The molecular weight excluding hydrogens is 202 g/mol. The SMILES string of the molecule is Cc1ccc(C)c(NC(C)CC(N)=NO)c1. The molecule has 0 saturated carbocycles. The summed E-state index contributed by atoms with van der Waals surface area (Å²) >= 11 is 0. The Hall–Kier alpha value is -1.71. The summed E-state index contributed by atoms with van der Waals surface area (Å²) in [5, 5.41) is 14.8. The predicted octanol–water partition coefficient (Wildman–Crippen LogP) is 2.24. The number of amidine groups is 1. The van der Waals surface area contributed by atoms with E-state index in [0.29, 0.717) is 6.42 Å². The second-order valence-corrected chi connectivity index (χ2v) is 4.16. The summed E-state index contributed by atoms with van der Waals surface area (Å²) in [5.41, 5.74) is 8.95. The first-order chi connectivity index (χ1) is 7.52. The maximum absolute atomic E-state index is 8.48. The van der Waals surface area contributed by atoms with Gasteiger partial charge in [0.15, 0.2) is 0 Å². The van der Waals surface area contributed by atoms with Crippen molar-refractivity contribution in [3.63, 3.8) is 0 Å². The normalized spacial score (nSPS) is 13.6. The highest BCUT2D eigenvalue weighted by atomic mass is 16.4. The molecule has 0 aliphatic rings. The van der Waals surface area contributed by atoms with Gasteiger partial charge in [-0.1, -0.05) is 17.3 Å². The largest absolute Gasteiger partial charge is 0.409 e. The van der Waals surface area contributed by atoms with E-state index in [2.05, 4.69) is 42.5 Å². The Bertz CT molecular complexity index is 388. The van der Waals surface area contributed by atoms with Crippen LogP contribution in [0.4, 0.5) is 5.69 Å². The number of nitrogens with two attached hydrogens (primary N) is 1. The number of hydrogen-bond acceptors (Lipinski definition) is 3. The zero-order valence-electron chi connectivity index (χ0n) is 9.99. The van der Waals surface area contributed by atoms with Gasteiger partial charge in [0.25, 0.3) is 0 Å². The minimum Gasteiger partial charge on any atom is -0.409 e. The topological polar surface area (TPSA) is 70.6 Å². The van der Waals surface area contributed by atoms with Crippen LogP contribution in [0.15, 0.2) is 23.4 Å². The number of oxime groups is 1. The van der Waals surface area contributed by atoms with Crippen molar-refractivity contribution >= 4 is 11.5 Å². The molecule has 0 amide bonds. The number of nitrogens with one attached hydrogen (secondary N) is 1. The number of benzene rings is 1. The molecule has 1 aromatic carbocycles. The summed E-state index contributed by atoms with van der Waals surface area (Å²) in [6.07, 6.45) is 0.518. The Kier molecular flexibility index (Phi) is 4.17. The lowest BCUT2D eigenvalue weighted by molar-refractivity contribution is 0.316. The standard InChI is InChI=1S/C12H19N3O/c1-8-4-5-9(2)11(6-8)14-10(3)7-12(13)15-16/h4-6,10,14,16H,7H2,1-3H3,(H2,13,15). The maximum Gasteiger partial charge on any atom is 0.141 e. The average molecular weight is 221 g/mol.